The number of aryl methyl sites for hydroxylation is 1. The zero-order valence-electron chi connectivity index (χ0n) is 6.47. The highest BCUT2D eigenvalue weighted by Gasteiger charge is 2.01. The summed E-state index contributed by atoms with van der Waals surface area (Å²) in [7, 11) is 1.57. The monoisotopic (exact) mass is 216 g/mol. The molecule has 0 aliphatic heterocycles. The third-order valence-corrected chi connectivity index (χ3v) is 1.96. The topological polar surface area (TPSA) is 35.0 Å². The van der Waals surface area contributed by atoms with Crippen LogP contribution in [0.4, 0.5) is 0 Å². The lowest BCUT2D eigenvalue weighted by atomic mass is 10.4. The maximum absolute atomic E-state index is 4.89. The van der Waals surface area contributed by atoms with Gasteiger partial charge in [0.1, 0.15) is 4.60 Å². The molecule has 0 aromatic carbocycles. The molecule has 0 bridgehead atoms. The summed E-state index contributed by atoms with van der Waals surface area (Å²) in [6, 6.07) is 0. The van der Waals surface area contributed by atoms with Gasteiger partial charge in [-0.25, -0.2) is 4.98 Å². The fourth-order valence-electron chi connectivity index (χ4n) is 0.712. The first-order chi connectivity index (χ1) is 5.27. The molecule has 1 aromatic rings. The summed E-state index contributed by atoms with van der Waals surface area (Å²) in [5, 5.41) is 0. The number of nitrogens with zero attached hydrogens (tertiary/aromatic N) is 2. The maximum Gasteiger partial charge on any atom is 0.233 e. The molecule has 0 atom stereocenters. The molecule has 0 unspecified atom stereocenters. The first-order valence-corrected chi connectivity index (χ1v) is 4.12. The lowest BCUT2D eigenvalue weighted by Crippen LogP contribution is -1.95. The van der Waals surface area contributed by atoms with Crippen LogP contribution in [-0.2, 0) is 6.42 Å². The fraction of sp³-hybridized carbons (Fsp3) is 0.429. The SMILES string of the molecule is CCc1ncc(OC)nc1Br. The second kappa shape index (κ2) is 3.67. The number of aromatic nitrogens is 2. The van der Waals surface area contributed by atoms with E-state index < -0.39 is 0 Å². The van der Waals surface area contributed by atoms with E-state index in [1.807, 2.05) is 6.92 Å². The van der Waals surface area contributed by atoms with Crippen molar-refractivity contribution >= 4 is 15.9 Å². The number of rotatable bonds is 2. The molecular weight excluding hydrogens is 208 g/mol. The van der Waals surface area contributed by atoms with Gasteiger partial charge in [0, 0.05) is 0 Å². The minimum Gasteiger partial charge on any atom is -0.480 e. The van der Waals surface area contributed by atoms with Crippen LogP contribution in [0.2, 0.25) is 0 Å². The molecule has 1 heterocycles. The van der Waals surface area contributed by atoms with Gasteiger partial charge in [-0.2, -0.15) is 0 Å². The van der Waals surface area contributed by atoms with Gasteiger partial charge in [-0.3, -0.25) is 4.98 Å². The Balaban J connectivity index is 2.99. The van der Waals surface area contributed by atoms with Crippen molar-refractivity contribution in [2.75, 3.05) is 7.11 Å². The number of hydrogen-bond acceptors (Lipinski definition) is 3. The van der Waals surface area contributed by atoms with Crippen LogP contribution in [-0.4, -0.2) is 17.1 Å². The quantitative estimate of drug-likeness (QED) is 0.757. The van der Waals surface area contributed by atoms with E-state index in [1.165, 1.54) is 0 Å². The van der Waals surface area contributed by atoms with Gasteiger partial charge in [-0.1, -0.05) is 6.92 Å². The van der Waals surface area contributed by atoms with E-state index in [1.54, 1.807) is 13.3 Å². The van der Waals surface area contributed by atoms with E-state index in [-0.39, 0.29) is 0 Å². The highest BCUT2D eigenvalue weighted by atomic mass is 79.9. The van der Waals surface area contributed by atoms with Gasteiger partial charge >= 0.3 is 0 Å². The van der Waals surface area contributed by atoms with Crippen molar-refractivity contribution in [1.29, 1.82) is 0 Å². The van der Waals surface area contributed by atoms with Crippen molar-refractivity contribution in [3.63, 3.8) is 0 Å². The lowest BCUT2D eigenvalue weighted by Gasteiger charge is -2.01. The number of ether oxygens (including phenoxy) is 1. The molecule has 11 heavy (non-hydrogen) atoms. The van der Waals surface area contributed by atoms with Crippen LogP contribution in [0.1, 0.15) is 12.6 Å². The van der Waals surface area contributed by atoms with Crippen molar-refractivity contribution in [1.82, 2.24) is 9.97 Å². The van der Waals surface area contributed by atoms with Crippen molar-refractivity contribution in [2.45, 2.75) is 13.3 Å². The first-order valence-electron chi connectivity index (χ1n) is 3.33. The second-order valence-electron chi connectivity index (χ2n) is 2.00. The molecule has 1 rings (SSSR count). The molecule has 0 amide bonds. The third-order valence-electron chi connectivity index (χ3n) is 1.32. The summed E-state index contributed by atoms with van der Waals surface area (Å²) >= 11 is 3.29. The molecule has 1 aromatic heterocycles. The first kappa shape index (κ1) is 8.46. The highest BCUT2D eigenvalue weighted by molar-refractivity contribution is 9.10. The number of halogens is 1. The minimum atomic E-state index is 0.536. The van der Waals surface area contributed by atoms with Gasteiger partial charge in [-0.05, 0) is 22.4 Å². The van der Waals surface area contributed by atoms with E-state index in [4.69, 9.17) is 4.74 Å². The van der Waals surface area contributed by atoms with Gasteiger partial charge in [0.25, 0.3) is 0 Å². The van der Waals surface area contributed by atoms with Crippen LogP contribution < -0.4 is 4.74 Å². The maximum atomic E-state index is 4.89. The smallest absolute Gasteiger partial charge is 0.233 e. The van der Waals surface area contributed by atoms with Gasteiger partial charge in [-0.15, -0.1) is 0 Å². The predicted molar refractivity (Wildman–Crippen MR) is 45.7 cm³/mol. The standard InChI is InChI=1S/C7H9BrN2O/c1-3-5-7(8)10-6(11-2)4-9-5/h4H,3H2,1-2H3. The highest BCUT2D eigenvalue weighted by Crippen LogP contribution is 2.15. The van der Waals surface area contributed by atoms with Gasteiger partial charge < -0.3 is 4.74 Å². The molecule has 0 spiro atoms. The fourth-order valence-corrected chi connectivity index (χ4v) is 1.27. The molecule has 0 aliphatic rings. The minimum absolute atomic E-state index is 0.536. The van der Waals surface area contributed by atoms with E-state index in [2.05, 4.69) is 25.9 Å². The lowest BCUT2D eigenvalue weighted by molar-refractivity contribution is 0.394. The van der Waals surface area contributed by atoms with Crippen LogP contribution in [0.15, 0.2) is 10.8 Å². The van der Waals surface area contributed by atoms with E-state index in [0.29, 0.717) is 5.88 Å². The second-order valence-corrected chi connectivity index (χ2v) is 2.75. The van der Waals surface area contributed by atoms with Crippen LogP contribution in [0, 0.1) is 0 Å². The summed E-state index contributed by atoms with van der Waals surface area (Å²) < 4.78 is 5.65. The summed E-state index contributed by atoms with van der Waals surface area (Å²) in [6.07, 6.45) is 2.49. The molecular formula is C7H9BrN2O. The molecule has 3 nitrogen and oxygen atoms in total. The van der Waals surface area contributed by atoms with Crippen molar-refractivity contribution in [2.24, 2.45) is 0 Å². The Morgan fingerprint density at radius 3 is 2.82 bits per heavy atom. The largest absolute Gasteiger partial charge is 0.480 e. The van der Waals surface area contributed by atoms with Crippen molar-refractivity contribution in [3.05, 3.63) is 16.5 Å². The van der Waals surface area contributed by atoms with E-state index >= 15 is 0 Å². The zero-order valence-corrected chi connectivity index (χ0v) is 8.05. The van der Waals surface area contributed by atoms with Crippen LogP contribution in [0.5, 0.6) is 5.88 Å². The Bertz CT molecular complexity index is 252. The third kappa shape index (κ3) is 1.89. The van der Waals surface area contributed by atoms with Gasteiger partial charge in [0.2, 0.25) is 5.88 Å². The number of methoxy groups -OCH3 is 1. The molecule has 60 valence electrons. The summed E-state index contributed by atoms with van der Waals surface area (Å²) in [4.78, 5) is 8.23. The normalized spacial score (nSPS) is 9.73. The van der Waals surface area contributed by atoms with Crippen molar-refractivity contribution < 1.29 is 4.74 Å². The molecule has 0 radical (unpaired) electrons. The van der Waals surface area contributed by atoms with Gasteiger partial charge in [0.05, 0.1) is 19.0 Å². The Morgan fingerprint density at radius 2 is 2.36 bits per heavy atom. The van der Waals surface area contributed by atoms with Crippen LogP contribution in [0.25, 0.3) is 0 Å². The summed E-state index contributed by atoms with van der Waals surface area (Å²) in [5.41, 5.74) is 0.950. The molecule has 0 aliphatic carbocycles. The molecule has 0 fully saturated rings. The van der Waals surface area contributed by atoms with Crippen molar-refractivity contribution in [3.8, 4) is 5.88 Å². The molecule has 0 N–H and O–H groups in total. The summed E-state index contributed by atoms with van der Waals surface area (Å²) in [5.74, 6) is 0.536. The van der Waals surface area contributed by atoms with E-state index in [0.717, 1.165) is 16.7 Å². The Labute approximate surface area is 73.9 Å². The number of hydrogen-bond donors (Lipinski definition) is 0. The Morgan fingerprint density at radius 1 is 1.64 bits per heavy atom. The summed E-state index contributed by atoms with van der Waals surface area (Å²) in [6.45, 7) is 2.03. The zero-order chi connectivity index (χ0) is 8.27. The molecule has 4 heteroatoms. The molecule has 0 saturated heterocycles. The average Bonchev–Trinajstić information content (AvgIpc) is 2.04. The van der Waals surface area contributed by atoms with E-state index in [9.17, 15) is 0 Å². The average molecular weight is 217 g/mol. The van der Waals surface area contributed by atoms with Gasteiger partial charge in [0.15, 0.2) is 0 Å². The van der Waals surface area contributed by atoms with Crippen LogP contribution >= 0.6 is 15.9 Å². The Kier molecular flexibility index (Phi) is 2.82. The predicted octanol–water partition coefficient (Wildman–Crippen LogP) is 1.81. The Hall–Kier alpha value is -0.640. The molecule has 0 saturated carbocycles. The van der Waals surface area contributed by atoms with Crippen LogP contribution in [0.3, 0.4) is 0 Å².